The number of hydrogen-bond donors (Lipinski definition) is 1. The number of hydrogen-bond acceptors (Lipinski definition) is 6. The van der Waals surface area contributed by atoms with Crippen LogP contribution >= 0.6 is 0 Å². The Kier molecular flexibility index (Phi) is 3.52. The Labute approximate surface area is 145 Å². The fourth-order valence-corrected chi connectivity index (χ4v) is 3.58. The summed E-state index contributed by atoms with van der Waals surface area (Å²) in [6.45, 7) is 4.85. The van der Waals surface area contributed by atoms with Crippen LogP contribution in [0.3, 0.4) is 0 Å². The molecule has 4 heterocycles. The minimum absolute atomic E-state index is 0.719. The average Bonchev–Trinajstić information content (AvgIpc) is 3.09. The van der Waals surface area contributed by atoms with E-state index in [1.54, 1.807) is 0 Å². The highest BCUT2D eigenvalue weighted by atomic mass is 16.5. The Morgan fingerprint density at radius 1 is 1.04 bits per heavy atom. The number of morpholine rings is 1. The normalized spacial score (nSPS) is 17.3. The molecule has 1 saturated heterocycles. The third-order valence-corrected chi connectivity index (χ3v) is 4.90. The van der Waals surface area contributed by atoms with E-state index in [-0.39, 0.29) is 0 Å². The molecule has 0 spiro atoms. The molecule has 0 atom stereocenters. The Morgan fingerprint density at radius 2 is 1.88 bits per heavy atom. The van der Waals surface area contributed by atoms with Crippen molar-refractivity contribution in [2.24, 2.45) is 0 Å². The van der Waals surface area contributed by atoms with Crippen molar-refractivity contribution in [3.8, 4) is 0 Å². The van der Waals surface area contributed by atoms with E-state index >= 15 is 0 Å². The van der Waals surface area contributed by atoms with Crippen LogP contribution in [0.25, 0.3) is 11.0 Å². The van der Waals surface area contributed by atoms with E-state index in [2.05, 4.69) is 44.3 Å². The largest absolute Gasteiger partial charge is 0.378 e. The molecule has 0 unspecified atom stereocenters. The van der Waals surface area contributed by atoms with Gasteiger partial charge in [0.05, 0.1) is 24.3 Å². The van der Waals surface area contributed by atoms with Crippen molar-refractivity contribution in [3.05, 3.63) is 41.6 Å². The third-order valence-electron chi connectivity index (χ3n) is 4.90. The molecule has 128 valence electrons. The quantitative estimate of drug-likeness (QED) is 0.786. The predicted molar refractivity (Wildman–Crippen MR) is 95.9 cm³/mol. The zero-order valence-corrected chi connectivity index (χ0v) is 14.0. The van der Waals surface area contributed by atoms with Gasteiger partial charge in [0, 0.05) is 32.6 Å². The van der Waals surface area contributed by atoms with Crippen molar-refractivity contribution in [2.45, 2.75) is 13.0 Å². The number of anilines is 2. The van der Waals surface area contributed by atoms with E-state index < -0.39 is 0 Å². The van der Waals surface area contributed by atoms with Crippen molar-refractivity contribution in [2.75, 3.05) is 42.6 Å². The minimum atomic E-state index is 0.719. The lowest BCUT2D eigenvalue weighted by Crippen LogP contribution is -2.38. The molecule has 1 N–H and O–H groups in total. The molecule has 2 aromatic heterocycles. The highest BCUT2D eigenvalue weighted by Gasteiger charge is 2.26. The van der Waals surface area contributed by atoms with Crippen LogP contribution in [0.5, 0.6) is 0 Å². The molecule has 7 heteroatoms. The molecule has 1 fully saturated rings. The maximum absolute atomic E-state index is 5.45. The SMILES string of the molecule is c1ccc(CN2CCc3[nH]nc4nc(N5CCOCC5)nc2c34)cc1. The van der Waals surface area contributed by atoms with Gasteiger partial charge in [0.1, 0.15) is 5.82 Å². The molecule has 5 rings (SSSR count). The third kappa shape index (κ3) is 2.60. The molecule has 1 aromatic carbocycles. The van der Waals surface area contributed by atoms with Crippen molar-refractivity contribution >= 4 is 22.8 Å². The Hall–Kier alpha value is -2.67. The number of nitrogens with zero attached hydrogens (tertiary/aromatic N) is 5. The highest BCUT2D eigenvalue weighted by Crippen LogP contribution is 2.33. The predicted octanol–water partition coefficient (Wildman–Crippen LogP) is 1.75. The molecular formula is C18H20N6O. The van der Waals surface area contributed by atoms with Crippen molar-refractivity contribution in [1.29, 1.82) is 0 Å². The van der Waals surface area contributed by atoms with Crippen LogP contribution in [-0.2, 0) is 17.7 Å². The minimum Gasteiger partial charge on any atom is -0.378 e. The first-order chi connectivity index (χ1) is 12.4. The second kappa shape index (κ2) is 6.00. The van der Waals surface area contributed by atoms with E-state index in [1.165, 1.54) is 5.56 Å². The molecule has 0 saturated carbocycles. The number of aromatic nitrogens is 4. The molecule has 0 aliphatic carbocycles. The smallest absolute Gasteiger partial charge is 0.229 e. The van der Waals surface area contributed by atoms with Gasteiger partial charge in [0.15, 0.2) is 5.65 Å². The molecule has 2 aliphatic heterocycles. The van der Waals surface area contributed by atoms with Gasteiger partial charge in [-0.3, -0.25) is 5.10 Å². The number of nitrogens with one attached hydrogen (secondary N) is 1. The summed E-state index contributed by atoms with van der Waals surface area (Å²) in [5.74, 6) is 1.74. The van der Waals surface area contributed by atoms with Gasteiger partial charge < -0.3 is 14.5 Å². The fourth-order valence-electron chi connectivity index (χ4n) is 3.58. The number of rotatable bonds is 3. The monoisotopic (exact) mass is 336 g/mol. The summed E-state index contributed by atoms with van der Waals surface area (Å²) >= 11 is 0. The van der Waals surface area contributed by atoms with Gasteiger partial charge in [-0.2, -0.15) is 15.1 Å². The van der Waals surface area contributed by atoms with Gasteiger partial charge in [-0.15, -0.1) is 0 Å². The lowest BCUT2D eigenvalue weighted by molar-refractivity contribution is 0.122. The molecule has 7 nitrogen and oxygen atoms in total. The standard InChI is InChI=1S/C18H20N6O/c1-2-4-13(5-3-1)12-24-7-6-14-15-16(22-21-14)19-18(20-17(15)24)23-8-10-25-11-9-23/h1-5H,6-12H2,(H,19,20,21,22). The lowest BCUT2D eigenvalue weighted by atomic mass is 10.1. The van der Waals surface area contributed by atoms with Crippen molar-refractivity contribution in [1.82, 2.24) is 20.2 Å². The van der Waals surface area contributed by atoms with Crippen molar-refractivity contribution < 1.29 is 4.74 Å². The van der Waals surface area contributed by atoms with Gasteiger partial charge in [-0.25, -0.2) is 0 Å². The summed E-state index contributed by atoms with van der Waals surface area (Å²) in [7, 11) is 0. The summed E-state index contributed by atoms with van der Waals surface area (Å²) in [5.41, 5.74) is 3.19. The van der Waals surface area contributed by atoms with Gasteiger partial charge in [-0.1, -0.05) is 30.3 Å². The second-order valence-electron chi connectivity index (χ2n) is 6.50. The summed E-state index contributed by atoms with van der Waals surface area (Å²) in [4.78, 5) is 14.1. The Balaban J connectivity index is 1.56. The summed E-state index contributed by atoms with van der Waals surface area (Å²) in [6.07, 6.45) is 0.941. The first kappa shape index (κ1) is 14.7. The molecule has 0 bridgehead atoms. The number of H-pyrrole nitrogens is 1. The second-order valence-corrected chi connectivity index (χ2v) is 6.50. The molecule has 25 heavy (non-hydrogen) atoms. The van der Waals surface area contributed by atoms with Gasteiger partial charge in [0.25, 0.3) is 0 Å². The van der Waals surface area contributed by atoms with Gasteiger partial charge in [-0.05, 0) is 5.56 Å². The summed E-state index contributed by atoms with van der Waals surface area (Å²) in [6, 6.07) is 10.5. The van der Waals surface area contributed by atoms with E-state index in [9.17, 15) is 0 Å². The summed E-state index contributed by atoms with van der Waals surface area (Å²) in [5, 5.41) is 8.64. The van der Waals surface area contributed by atoms with Crippen LogP contribution in [0, 0.1) is 0 Å². The van der Waals surface area contributed by atoms with Crippen LogP contribution < -0.4 is 9.80 Å². The average molecular weight is 336 g/mol. The van der Waals surface area contributed by atoms with Crippen LogP contribution in [0.4, 0.5) is 11.8 Å². The maximum atomic E-state index is 5.45. The van der Waals surface area contributed by atoms with E-state index in [4.69, 9.17) is 14.7 Å². The van der Waals surface area contributed by atoms with Crippen LogP contribution in [0.1, 0.15) is 11.3 Å². The van der Waals surface area contributed by atoms with E-state index in [0.717, 1.165) is 74.3 Å². The number of benzene rings is 1. The molecular weight excluding hydrogens is 316 g/mol. The van der Waals surface area contributed by atoms with Crippen LogP contribution in [0.15, 0.2) is 30.3 Å². The highest BCUT2D eigenvalue weighted by molar-refractivity contribution is 5.91. The molecule has 3 aromatic rings. The number of ether oxygens (including phenoxy) is 1. The first-order valence-electron chi connectivity index (χ1n) is 8.75. The Bertz CT molecular complexity index is 887. The van der Waals surface area contributed by atoms with Gasteiger partial charge in [0.2, 0.25) is 5.95 Å². The van der Waals surface area contributed by atoms with Gasteiger partial charge >= 0.3 is 0 Å². The molecule has 0 amide bonds. The van der Waals surface area contributed by atoms with Crippen molar-refractivity contribution in [3.63, 3.8) is 0 Å². The first-order valence-corrected chi connectivity index (χ1v) is 8.75. The van der Waals surface area contributed by atoms with Crippen LogP contribution in [0.2, 0.25) is 0 Å². The van der Waals surface area contributed by atoms with E-state index in [0.29, 0.717) is 0 Å². The zero-order valence-electron chi connectivity index (χ0n) is 14.0. The summed E-state index contributed by atoms with van der Waals surface area (Å²) < 4.78 is 5.45. The zero-order chi connectivity index (χ0) is 16.6. The maximum Gasteiger partial charge on any atom is 0.229 e. The Morgan fingerprint density at radius 3 is 2.72 bits per heavy atom. The molecule has 0 radical (unpaired) electrons. The number of aromatic amines is 1. The van der Waals surface area contributed by atoms with Crippen LogP contribution in [-0.4, -0.2) is 53.0 Å². The topological polar surface area (TPSA) is 70.2 Å². The molecule has 2 aliphatic rings. The van der Waals surface area contributed by atoms with E-state index in [1.807, 2.05) is 6.07 Å². The lowest BCUT2D eigenvalue weighted by Gasteiger charge is -2.31. The fraction of sp³-hybridized carbons (Fsp3) is 0.389.